The number of benzene rings is 1. The first-order chi connectivity index (χ1) is 4.63. The molecule has 0 aliphatic carbocycles. The van der Waals surface area contributed by atoms with Gasteiger partial charge in [0.1, 0.15) is 0 Å². The van der Waals surface area contributed by atoms with E-state index >= 15 is 0 Å². The zero-order chi connectivity index (χ0) is 7.72. The molecule has 0 atom stereocenters. The molecule has 0 N–H and O–H groups in total. The maximum atomic E-state index is 12.0. The zero-order valence-corrected chi connectivity index (χ0v) is 6.79. The molecule has 0 spiro atoms. The van der Waals surface area contributed by atoms with Crippen molar-refractivity contribution in [1.29, 1.82) is 0 Å². The van der Waals surface area contributed by atoms with E-state index in [-0.39, 0.29) is 17.0 Å². The van der Waals surface area contributed by atoms with Gasteiger partial charge in [0.05, 0.1) is 0 Å². The van der Waals surface area contributed by atoms with E-state index in [1.165, 1.54) is 0 Å². The first-order valence-electron chi connectivity index (χ1n) is 2.42. The van der Waals surface area contributed by atoms with E-state index in [1.54, 1.807) is 0 Å². The van der Waals surface area contributed by atoms with E-state index in [0.717, 1.165) is 0 Å². The third kappa shape index (κ3) is 1.92. The van der Waals surface area contributed by atoms with E-state index in [4.69, 9.17) is 0 Å². The Morgan fingerprint density at radius 1 is 0.727 bits per heavy atom. The fourth-order valence-corrected chi connectivity index (χ4v) is 0.502. The Hall–Kier alpha value is -0.580. The smallest absolute Gasteiger partial charge is 0.197 e. The molecule has 62 valence electrons. The molecule has 1 aromatic carbocycles. The van der Waals surface area contributed by atoms with Crippen molar-refractivity contribution in [2.45, 2.75) is 0 Å². The van der Waals surface area contributed by atoms with E-state index in [2.05, 4.69) is 0 Å². The predicted molar refractivity (Wildman–Crippen MR) is 36.6 cm³/mol. The molecule has 5 heteroatoms. The van der Waals surface area contributed by atoms with Crippen molar-refractivity contribution in [2.24, 2.45) is 0 Å². The van der Waals surface area contributed by atoms with Crippen molar-refractivity contribution < 1.29 is 17.6 Å². The lowest BCUT2D eigenvalue weighted by molar-refractivity contribution is 0.409. The molecule has 0 aromatic heterocycles. The molecule has 0 saturated heterocycles. The molecule has 0 aliphatic heterocycles. The minimum Gasteiger partial charge on any atom is -0.204 e. The molecule has 1 rings (SSSR count). The lowest BCUT2D eigenvalue weighted by atomic mass is 10.3. The van der Waals surface area contributed by atoms with Crippen LogP contribution in [-0.4, -0.2) is 0 Å². The Balaban J connectivity index is 0.000001000. The highest BCUT2D eigenvalue weighted by Crippen LogP contribution is 2.12. The van der Waals surface area contributed by atoms with Crippen LogP contribution in [0.25, 0.3) is 0 Å². The minimum absolute atomic E-state index is 0. The summed E-state index contributed by atoms with van der Waals surface area (Å²) in [4.78, 5) is 0. The van der Waals surface area contributed by atoms with Gasteiger partial charge in [-0.25, -0.2) is 17.6 Å². The summed E-state index contributed by atoms with van der Waals surface area (Å²) in [6.45, 7) is 0. The fraction of sp³-hybridized carbons (Fsp3) is 0. The molecule has 0 nitrogen and oxygen atoms in total. The maximum Gasteiger partial charge on any atom is 0.197 e. The summed E-state index contributed by atoms with van der Waals surface area (Å²) in [6, 6.07) is 1.04. The third-order valence-electron chi connectivity index (χ3n) is 0.988. The fourth-order valence-electron chi connectivity index (χ4n) is 0.502. The summed E-state index contributed by atoms with van der Waals surface area (Å²) in [5, 5.41) is 0. The summed E-state index contributed by atoms with van der Waals surface area (Å²) in [6.07, 6.45) is 0. The van der Waals surface area contributed by atoms with Gasteiger partial charge in [-0.3, -0.25) is 0 Å². The Labute approximate surface area is 70.6 Å². The van der Waals surface area contributed by atoms with Gasteiger partial charge in [0, 0.05) is 0 Å². The second-order valence-electron chi connectivity index (χ2n) is 1.66. The molecule has 1 aromatic rings. The van der Waals surface area contributed by atoms with Crippen LogP contribution >= 0.6 is 17.0 Å². The maximum absolute atomic E-state index is 12.0. The average molecular weight is 231 g/mol. The topological polar surface area (TPSA) is 0 Å². The number of hydrogen-bond donors (Lipinski definition) is 0. The van der Waals surface area contributed by atoms with E-state index in [1.807, 2.05) is 0 Å². The van der Waals surface area contributed by atoms with Crippen LogP contribution in [0.2, 0.25) is 0 Å². The zero-order valence-electron chi connectivity index (χ0n) is 5.07. The molecular weight excluding hydrogens is 228 g/mol. The molecule has 0 fully saturated rings. The average Bonchev–Trinajstić information content (AvgIpc) is 1.93. The number of halogens is 5. The molecule has 0 aliphatic rings. The Bertz CT molecular complexity index is 234. The molecule has 0 bridgehead atoms. The van der Waals surface area contributed by atoms with E-state index in [9.17, 15) is 17.6 Å². The van der Waals surface area contributed by atoms with Gasteiger partial charge >= 0.3 is 0 Å². The van der Waals surface area contributed by atoms with Crippen LogP contribution in [0.15, 0.2) is 12.1 Å². The van der Waals surface area contributed by atoms with Gasteiger partial charge in [-0.2, -0.15) is 0 Å². The van der Waals surface area contributed by atoms with Crippen LogP contribution in [-0.2, 0) is 0 Å². The number of hydrogen-bond acceptors (Lipinski definition) is 0. The molecule has 0 radical (unpaired) electrons. The summed E-state index contributed by atoms with van der Waals surface area (Å²) in [5.41, 5.74) is 0. The molecule has 0 heterocycles. The molecule has 0 unspecified atom stereocenters. The third-order valence-corrected chi connectivity index (χ3v) is 0.988. The monoisotopic (exact) mass is 230 g/mol. The van der Waals surface area contributed by atoms with Crippen LogP contribution in [0.4, 0.5) is 17.6 Å². The van der Waals surface area contributed by atoms with Gasteiger partial charge < -0.3 is 0 Å². The SMILES string of the molecule is Br.Fc1ccc(F)c(F)c1F. The van der Waals surface area contributed by atoms with Crippen molar-refractivity contribution in [2.75, 3.05) is 0 Å². The second kappa shape index (κ2) is 3.71. The van der Waals surface area contributed by atoms with Crippen molar-refractivity contribution in [3.63, 3.8) is 0 Å². The van der Waals surface area contributed by atoms with Crippen molar-refractivity contribution in [1.82, 2.24) is 0 Å². The van der Waals surface area contributed by atoms with Crippen LogP contribution in [0, 0.1) is 23.3 Å². The lowest BCUT2D eigenvalue weighted by Gasteiger charge is -1.93. The Kier molecular flexibility index (Phi) is 3.51. The number of rotatable bonds is 0. The van der Waals surface area contributed by atoms with Gasteiger partial charge in [-0.15, -0.1) is 17.0 Å². The van der Waals surface area contributed by atoms with E-state index < -0.39 is 23.3 Å². The summed E-state index contributed by atoms with van der Waals surface area (Å²) >= 11 is 0. The van der Waals surface area contributed by atoms with Crippen LogP contribution in [0.5, 0.6) is 0 Å². The van der Waals surface area contributed by atoms with Gasteiger partial charge in [0.25, 0.3) is 0 Å². The summed E-state index contributed by atoms with van der Waals surface area (Å²) in [7, 11) is 0. The van der Waals surface area contributed by atoms with Gasteiger partial charge in [-0.1, -0.05) is 0 Å². The highest BCUT2D eigenvalue weighted by atomic mass is 79.9. The lowest BCUT2D eigenvalue weighted by Crippen LogP contribution is -1.93. The van der Waals surface area contributed by atoms with Crippen LogP contribution in [0.1, 0.15) is 0 Å². The Morgan fingerprint density at radius 2 is 1.00 bits per heavy atom. The van der Waals surface area contributed by atoms with Gasteiger partial charge in [-0.05, 0) is 12.1 Å². The highest BCUT2D eigenvalue weighted by molar-refractivity contribution is 8.93. The van der Waals surface area contributed by atoms with Gasteiger partial charge in [0.2, 0.25) is 0 Å². The summed E-state index contributed by atoms with van der Waals surface area (Å²) < 4.78 is 48.0. The summed E-state index contributed by atoms with van der Waals surface area (Å²) in [5.74, 6) is -6.34. The van der Waals surface area contributed by atoms with E-state index in [0.29, 0.717) is 12.1 Å². The van der Waals surface area contributed by atoms with Crippen molar-refractivity contribution in [3.8, 4) is 0 Å². The normalized spacial score (nSPS) is 9.09. The van der Waals surface area contributed by atoms with Crippen molar-refractivity contribution in [3.05, 3.63) is 35.4 Å². The highest BCUT2D eigenvalue weighted by Gasteiger charge is 2.11. The first kappa shape index (κ1) is 10.4. The molecular formula is C6H3BrF4. The van der Waals surface area contributed by atoms with Gasteiger partial charge in [0.15, 0.2) is 23.3 Å². The molecule has 11 heavy (non-hydrogen) atoms. The predicted octanol–water partition coefficient (Wildman–Crippen LogP) is 2.82. The molecule has 0 saturated carbocycles. The Morgan fingerprint density at radius 3 is 1.27 bits per heavy atom. The quantitative estimate of drug-likeness (QED) is 0.366. The van der Waals surface area contributed by atoms with Crippen molar-refractivity contribution >= 4 is 17.0 Å². The standard InChI is InChI=1S/C6H2F4.BrH/c7-3-1-2-4(8)6(10)5(3)9;/h1-2H;1H. The van der Waals surface area contributed by atoms with Crippen LogP contribution < -0.4 is 0 Å². The van der Waals surface area contributed by atoms with Crippen LogP contribution in [0.3, 0.4) is 0 Å². The minimum atomic E-state index is -1.78. The molecule has 0 amide bonds. The first-order valence-corrected chi connectivity index (χ1v) is 2.42. The second-order valence-corrected chi connectivity index (χ2v) is 1.66. The largest absolute Gasteiger partial charge is 0.204 e.